The Kier molecular flexibility index (Phi) is 6.70. The predicted octanol–water partition coefficient (Wildman–Crippen LogP) is 3.50. The highest BCUT2D eigenvalue weighted by molar-refractivity contribution is 5.91. The fraction of sp³-hybridized carbons (Fsp3) is 0.250. The van der Waals surface area contributed by atoms with Crippen LogP contribution in [0.25, 0.3) is 11.4 Å². The Labute approximate surface area is 198 Å². The van der Waals surface area contributed by atoms with Crippen LogP contribution in [-0.2, 0) is 17.5 Å². The largest absolute Gasteiger partial charge is 0.457 e. The molecule has 3 aromatic rings. The number of nitrogens with zero attached hydrogens (tertiary/aromatic N) is 3. The molecule has 1 atom stereocenters. The van der Waals surface area contributed by atoms with E-state index in [0.717, 1.165) is 18.6 Å². The second kappa shape index (κ2) is 9.71. The molecule has 2 aromatic carbocycles. The standard InChI is InChI=1S/C24H22F3N5O3/c25-24(26,27)15-5-9-18(10-6-15)35-17-7-3-14(4-8-17)23-30-16(12-19(31-23)21(28)33)13-32-11-1-2-20(32)22(29)34/h3-10,12,20H,1-2,11,13H2,(H2,28,33)(H2,29,34). The first-order valence-corrected chi connectivity index (χ1v) is 10.8. The zero-order valence-electron chi connectivity index (χ0n) is 18.5. The molecule has 182 valence electrons. The maximum atomic E-state index is 12.7. The van der Waals surface area contributed by atoms with Crippen molar-refractivity contribution in [3.8, 4) is 22.9 Å². The van der Waals surface area contributed by atoms with Crippen molar-refractivity contribution in [2.24, 2.45) is 11.5 Å². The van der Waals surface area contributed by atoms with Crippen LogP contribution in [0.3, 0.4) is 0 Å². The zero-order valence-corrected chi connectivity index (χ0v) is 18.5. The lowest BCUT2D eigenvalue weighted by Gasteiger charge is -2.21. The molecule has 1 fully saturated rings. The number of hydrogen-bond acceptors (Lipinski definition) is 6. The van der Waals surface area contributed by atoms with E-state index in [1.807, 2.05) is 4.90 Å². The Morgan fingerprint density at radius 3 is 2.20 bits per heavy atom. The van der Waals surface area contributed by atoms with E-state index < -0.39 is 29.6 Å². The summed E-state index contributed by atoms with van der Waals surface area (Å²) in [5, 5.41) is 0. The minimum atomic E-state index is -4.42. The van der Waals surface area contributed by atoms with Gasteiger partial charge in [-0.05, 0) is 74.0 Å². The van der Waals surface area contributed by atoms with E-state index in [2.05, 4.69) is 9.97 Å². The van der Waals surface area contributed by atoms with E-state index in [1.54, 1.807) is 24.3 Å². The van der Waals surface area contributed by atoms with Crippen molar-refractivity contribution in [3.05, 3.63) is 71.5 Å². The van der Waals surface area contributed by atoms with Gasteiger partial charge < -0.3 is 16.2 Å². The molecule has 2 amide bonds. The third-order valence-electron chi connectivity index (χ3n) is 5.62. The van der Waals surface area contributed by atoms with Gasteiger partial charge >= 0.3 is 6.18 Å². The van der Waals surface area contributed by atoms with Crippen LogP contribution >= 0.6 is 0 Å². The lowest BCUT2D eigenvalue weighted by Crippen LogP contribution is -2.40. The monoisotopic (exact) mass is 485 g/mol. The van der Waals surface area contributed by atoms with E-state index in [-0.39, 0.29) is 17.3 Å². The van der Waals surface area contributed by atoms with Crippen LogP contribution in [0.5, 0.6) is 11.5 Å². The summed E-state index contributed by atoms with van der Waals surface area (Å²) in [6, 6.07) is 12.0. The molecule has 1 saturated heterocycles. The van der Waals surface area contributed by atoms with Gasteiger partial charge in [-0.15, -0.1) is 0 Å². The van der Waals surface area contributed by atoms with Crippen molar-refractivity contribution in [1.29, 1.82) is 0 Å². The summed E-state index contributed by atoms with van der Waals surface area (Å²) >= 11 is 0. The van der Waals surface area contributed by atoms with Crippen LogP contribution in [0.15, 0.2) is 54.6 Å². The molecule has 11 heteroatoms. The summed E-state index contributed by atoms with van der Waals surface area (Å²) < 4.78 is 43.8. The van der Waals surface area contributed by atoms with Gasteiger partial charge in [0.05, 0.1) is 17.3 Å². The molecule has 0 bridgehead atoms. The Morgan fingerprint density at radius 2 is 1.63 bits per heavy atom. The summed E-state index contributed by atoms with van der Waals surface area (Å²) in [5.41, 5.74) is 11.3. The SMILES string of the molecule is NC(=O)c1cc(CN2CCCC2C(N)=O)nc(-c2ccc(Oc3ccc(C(F)(F)F)cc3)cc2)n1. The first-order chi connectivity index (χ1) is 16.6. The van der Waals surface area contributed by atoms with Gasteiger partial charge in [0.1, 0.15) is 17.2 Å². The van der Waals surface area contributed by atoms with E-state index in [9.17, 15) is 22.8 Å². The van der Waals surface area contributed by atoms with Gasteiger partial charge in [-0.25, -0.2) is 9.97 Å². The molecular weight excluding hydrogens is 463 g/mol. The van der Waals surface area contributed by atoms with E-state index >= 15 is 0 Å². The van der Waals surface area contributed by atoms with Crippen LogP contribution in [-0.4, -0.2) is 39.3 Å². The fourth-order valence-corrected chi connectivity index (χ4v) is 3.90. The van der Waals surface area contributed by atoms with Gasteiger partial charge in [-0.1, -0.05) is 0 Å². The molecule has 4 rings (SSSR count). The van der Waals surface area contributed by atoms with Gasteiger partial charge in [0.2, 0.25) is 5.91 Å². The van der Waals surface area contributed by atoms with Crippen molar-refractivity contribution in [3.63, 3.8) is 0 Å². The van der Waals surface area contributed by atoms with E-state index in [0.29, 0.717) is 36.5 Å². The Bertz CT molecular complexity index is 1230. The lowest BCUT2D eigenvalue weighted by molar-refractivity contribution is -0.137. The van der Waals surface area contributed by atoms with Crippen LogP contribution in [0.4, 0.5) is 13.2 Å². The highest BCUT2D eigenvalue weighted by atomic mass is 19.4. The van der Waals surface area contributed by atoms with E-state index in [4.69, 9.17) is 16.2 Å². The van der Waals surface area contributed by atoms with Gasteiger partial charge in [0, 0.05) is 12.1 Å². The second-order valence-corrected chi connectivity index (χ2v) is 8.11. The Hall–Kier alpha value is -3.99. The second-order valence-electron chi connectivity index (χ2n) is 8.11. The van der Waals surface area contributed by atoms with Crippen molar-refractivity contribution in [1.82, 2.24) is 14.9 Å². The summed E-state index contributed by atoms with van der Waals surface area (Å²) in [7, 11) is 0. The zero-order chi connectivity index (χ0) is 25.2. The molecule has 1 aromatic heterocycles. The minimum Gasteiger partial charge on any atom is -0.457 e. The molecule has 8 nitrogen and oxygen atoms in total. The maximum absolute atomic E-state index is 12.7. The quantitative estimate of drug-likeness (QED) is 0.528. The first kappa shape index (κ1) is 24.1. The average molecular weight is 485 g/mol. The van der Waals surface area contributed by atoms with Crippen LogP contribution < -0.4 is 16.2 Å². The number of hydrogen-bond donors (Lipinski definition) is 2. The smallest absolute Gasteiger partial charge is 0.416 e. The number of amides is 2. The number of nitrogens with two attached hydrogens (primary N) is 2. The number of aromatic nitrogens is 2. The molecule has 1 unspecified atom stereocenters. The molecule has 0 spiro atoms. The summed E-state index contributed by atoms with van der Waals surface area (Å²) in [5.74, 6) is -0.233. The predicted molar refractivity (Wildman–Crippen MR) is 120 cm³/mol. The number of primary amides is 2. The molecular formula is C24H22F3N5O3. The number of carbonyl (C=O) groups excluding carboxylic acids is 2. The van der Waals surface area contributed by atoms with Crippen molar-refractivity contribution in [2.45, 2.75) is 31.6 Å². The average Bonchev–Trinajstić information content (AvgIpc) is 3.27. The fourth-order valence-electron chi connectivity index (χ4n) is 3.90. The molecule has 0 saturated carbocycles. The van der Waals surface area contributed by atoms with E-state index in [1.165, 1.54) is 18.2 Å². The van der Waals surface area contributed by atoms with Gasteiger partial charge in [0.25, 0.3) is 5.91 Å². The molecule has 35 heavy (non-hydrogen) atoms. The molecule has 1 aliphatic rings. The number of rotatable bonds is 7. The third kappa shape index (κ3) is 5.75. The normalized spacial score (nSPS) is 16.3. The van der Waals surface area contributed by atoms with Crippen LogP contribution in [0.1, 0.15) is 34.6 Å². The molecule has 0 aliphatic carbocycles. The highest BCUT2D eigenvalue weighted by Gasteiger charge is 2.30. The number of benzene rings is 2. The Balaban J connectivity index is 1.54. The van der Waals surface area contributed by atoms with Crippen LogP contribution in [0, 0.1) is 0 Å². The van der Waals surface area contributed by atoms with Crippen molar-refractivity contribution in [2.75, 3.05) is 6.54 Å². The Morgan fingerprint density at radius 1 is 1.00 bits per heavy atom. The minimum absolute atomic E-state index is 0.0323. The number of halogens is 3. The molecule has 2 heterocycles. The van der Waals surface area contributed by atoms with Crippen molar-refractivity contribution >= 4 is 11.8 Å². The van der Waals surface area contributed by atoms with Gasteiger partial charge in [-0.2, -0.15) is 13.2 Å². The third-order valence-corrected chi connectivity index (χ3v) is 5.62. The maximum Gasteiger partial charge on any atom is 0.416 e. The highest BCUT2D eigenvalue weighted by Crippen LogP contribution is 2.32. The van der Waals surface area contributed by atoms with Gasteiger partial charge in [0.15, 0.2) is 5.82 Å². The number of likely N-dealkylation sites (tertiary alicyclic amines) is 1. The summed E-state index contributed by atoms with van der Waals surface area (Å²) in [6.45, 7) is 0.980. The molecule has 4 N–H and O–H groups in total. The molecule has 0 radical (unpaired) electrons. The topological polar surface area (TPSA) is 124 Å². The molecule has 1 aliphatic heterocycles. The van der Waals surface area contributed by atoms with Crippen LogP contribution in [0.2, 0.25) is 0 Å². The first-order valence-electron chi connectivity index (χ1n) is 10.8. The van der Waals surface area contributed by atoms with Crippen molar-refractivity contribution < 1.29 is 27.5 Å². The number of alkyl halides is 3. The lowest BCUT2D eigenvalue weighted by atomic mass is 10.1. The summed E-state index contributed by atoms with van der Waals surface area (Å²) in [6.07, 6.45) is -2.93. The number of ether oxygens (including phenoxy) is 1. The number of carbonyl (C=O) groups is 2. The summed E-state index contributed by atoms with van der Waals surface area (Å²) in [4.78, 5) is 34.2. The van der Waals surface area contributed by atoms with Gasteiger partial charge in [-0.3, -0.25) is 14.5 Å².